The largest absolute Gasteiger partial charge is 0.309 e. The molecule has 0 bridgehead atoms. The van der Waals surface area contributed by atoms with Gasteiger partial charge in [-0.1, -0.05) is 141 Å². The zero-order chi connectivity index (χ0) is 35.3. The molecule has 1 nitrogen and oxygen atoms in total. The number of fused-ring (bicyclic) bond motifs is 9. The van der Waals surface area contributed by atoms with Crippen molar-refractivity contribution in [1.82, 2.24) is 0 Å². The van der Waals surface area contributed by atoms with Gasteiger partial charge in [-0.25, -0.2) is 0 Å². The summed E-state index contributed by atoms with van der Waals surface area (Å²) in [6.07, 6.45) is 0. The summed E-state index contributed by atoms with van der Waals surface area (Å²) in [6, 6.07) is 65.6. The van der Waals surface area contributed by atoms with Crippen LogP contribution in [0.2, 0.25) is 0 Å². The molecule has 9 aromatic carbocycles. The summed E-state index contributed by atoms with van der Waals surface area (Å²) in [5.41, 5.74) is 11.2. The lowest BCUT2D eigenvalue weighted by atomic mass is 9.80. The third-order valence-corrected chi connectivity index (χ3v) is 12.7. The Labute approximate surface area is 313 Å². The van der Waals surface area contributed by atoms with E-state index in [9.17, 15) is 0 Å². The van der Waals surface area contributed by atoms with E-state index in [4.69, 9.17) is 0 Å². The van der Waals surface area contributed by atoms with E-state index in [-0.39, 0.29) is 5.41 Å². The van der Waals surface area contributed by atoms with Gasteiger partial charge < -0.3 is 4.90 Å². The van der Waals surface area contributed by atoms with Crippen LogP contribution in [0.3, 0.4) is 0 Å². The third kappa shape index (κ3) is 4.56. The number of nitrogens with zero attached hydrogens (tertiary/aromatic N) is 1. The Morgan fingerprint density at radius 3 is 1.92 bits per heavy atom. The van der Waals surface area contributed by atoms with Crippen molar-refractivity contribution in [2.75, 3.05) is 4.90 Å². The molecule has 2 heteroatoms. The van der Waals surface area contributed by atoms with E-state index in [1.807, 2.05) is 11.3 Å². The molecule has 1 aliphatic carbocycles. The van der Waals surface area contributed by atoms with Crippen molar-refractivity contribution in [3.05, 3.63) is 187 Å². The zero-order valence-corrected chi connectivity index (χ0v) is 30.4. The molecule has 0 unspecified atom stereocenters. The van der Waals surface area contributed by atoms with E-state index in [1.165, 1.54) is 97.2 Å². The lowest BCUT2D eigenvalue weighted by molar-refractivity contribution is 0.661. The molecule has 10 aromatic rings. The SMILES string of the molecule is CC1(C)c2cc3ccccc3cc2-c2cccc(N(c3ccc4c(c3)sc3ccccc34)c3ccc4ccccc4c3-c3ccc4ccccc4c3)c21. The molecule has 0 saturated carbocycles. The molecule has 0 amide bonds. The van der Waals surface area contributed by atoms with Crippen molar-refractivity contribution in [1.29, 1.82) is 0 Å². The van der Waals surface area contributed by atoms with Crippen LogP contribution in [0.5, 0.6) is 0 Å². The minimum atomic E-state index is -0.231. The number of hydrogen-bond acceptors (Lipinski definition) is 2. The minimum absolute atomic E-state index is 0.231. The summed E-state index contributed by atoms with van der Waals surface area (Å²) in [6.45, 7) is 4.82. The third-order valence-electron chi connectivity index (χ3n) is 11.6. The first-order valence-corrected chi connectivity index (χ1v) is 19.2. The van der Waals surface area contributed by atoms with Gasteiger partial charge in [0.15, 0.2) is 0 Å². The lowest BCUT2D eigenvalue weighted by Gasteiger charge is -2.34. The van der Waals surface area contributed by atoms with Crippen LogP contribution in [0.1, 0.15) is 25.0 Å². The highest BCUT2D eigenvalue weighted by Crippen LogP contribution is 2.56. The lowest BCUT2D eigenvalue weighted by Crippen LogP contribution is -2.21. The fourth-order valence-corrected chi connectivity index (χ4v) is 10.2. The van der Waals surface area contributed by atoms with Crippen LogP contribution in [0.25, 0.3) is 74.7 Å². The molecule has 0 spiro atoms. The van der Waals surface area contributed by atoms with E-state index in [1.54, 1.807) is 0 Å². The normalized spacial score (nSPS) is 13.2. The topological polar surface area (TPSA) is 3.24 Å². The van der Waals surface area contributed by atoms with Crippen molar-refractivity contribution in [3.63, 3.8) is 0 Å². The summed E-state index contributed by atoms with van der Waals surface area (Å²) in [5, 5.41) is 10.2. The Balaban J connectivity index is 1.23. The molecule has 1 aliphatic rings. The molecule has 250 valence electrons. The van der Waals surface area contributed by atoms with Crippen LogP contribution in [-0.2, 0) is 5.41 Å². The Morgan fingerprint density at radius 2 is 1.09 bits per heavy atom. The highest BCUT2D eigenvalue weighted by Gasteiger charge is 2.39. The van der Waals surface area contributed by atoms with Crippen molar-refractivity contribution in [2.24, 2.45) is 0 Å². The maximum atomic E-state index is 2.56. The van der Waals surface area contributed by atoms with Gasteiger partial charge in [0.25, 0.3) is 0 Å². The molecular weight excluding hydrogens is 659 g/mol. The monoisotopic (exact) mass is 693 g/mol. The summed E-state index contributed by atoms with van der Waals surface area (Å²) >= 11 is 1.88. The highest BCUT2D eigenvalue weighted by molar-refractivity contribution is 7.25. The Hall–Kier alpha value is -6.22. The second-order valence-electron chi connectivity index (χ2n) is 14.9. The molecule has 0 N–H and O–H groups in total. The van der Waals surface area contributed by atoms with Crippen LogP contribution >= 0.6 is 11.3 Å². The van der Waals surface area contributed by atoms with Crippen molar-refractivity contribution >= 4 is 80.9 Å². The van der Waals surface area contributed by atoms with Gasteiger partial charge in [-0.3, -0.25) is 0 Å². The maximum absolute atomic E-state index is 2.56. The molecule has 11 rings (SSSR count). The van der Waals surface area contributed by atoms with Gasteiger partial charge in [-0.05, 0) is 109 Å². The van der Waals surface area contributed by atoms with Crippen LogP contribution in [0, 0.1) is 0 Å². The second kappa shape index (κ2) is 11.4. The first kappa shape index (κ1) is 30.4. The van der Waals surface area contributed by atoms with Gasteiger partial charge in [-0.2, -0.15) is 0 Å². The van der Waals surface area contributed by atoms with Crippen LogP contribution in [-0.4, -0.2) is 0 Å². The molecule has 0 fully saturated rings. The van der Waals surface area contributed by atoms with E-state index in [0.29, 0.717) is 0 Å². The summed E-state index contributed by atoms with van der Waals surface area (Å²) in [7, 11) is 0. The van der Waals surface area contributed by atoms with Crippen LogP contribution in [0.15, 0.2) is 176 Å². The second-order valence-corrected chi connectivity index (χ2v) is 16.0. The van der Waals surface area contributed by atoms with Gasteiger partial charge in [-0.15, -0.1) is 11.3 Å². The summed E-state index contributed by atoms with van der Waals surface area (Å²) < 4.78 is 2.61. The molecule has 0 aliphatic heterocycles. The van der Waals surface area contributed by atoms with Gasteiger partial charge in [0.2, 0.25) is 0 Å². The predicted octanol–water partition coefficient (Wildman–Crippen LogP) is 15.0. The summed E-state index contributed by atoms with van der Waals surface area (Å²) in [4.78, 5) is 2.56. The first-order valence-electron chi connectivity index (χ1n) is 18.4. The Kier molecular flexibility index (Phi) is 6.53. The van der Waals surface area contributed by atoms with Crippen LogP contribution < -0.4 is 4.90 Å². The number of benzene rings is 9. The average Bonchev–Trinajstić information content (AvgIpc) is 3.68. The van der Waals surface area contributed by atoms with Gasteiger partial charge in [0.05, 0.1) is 11.4 Å². The summed E-state index contributed by atoms with van der Waals surface area (Å²) in [5.74, 6) is 0. The fraction of sp³-hybridized carbons (Fsp3) is 0.0588. The highest BCUT2D eigenvalue weighted by atomic mass is 32.1. The number of thiophene rings is 1. The first-order chi connectivity index (χ1) is 26.0. The number of rotatable bonds is 4. The van der Waals surface area contributed by atoms with Gasteiger partial charge in [0.1, 0.15) is 0 Å². The van der Waals surface area contributed by atoms with E-state index in [2.05, 4.69) is 195 Å². The van der Waals surface area contributed by atoms with Crippen molar-refractivity contribution in [2.45, 2.75) is 19.3 Å². The number of hydrogen-bond donors (Lipinski definition) is 0. The Bertz CT molecular complexity index is 3110. The molecular formula is C51H35NS. The van der Waals surface area contributed by atoms with Crippen molar-refractivity contribution in [3.8, 4) is 22.3 Å². The van der Waals surface area contributed by atoms with Gasteiger partial charge in [0, 0.05) is 36.8 Å². The molecule has 0 atom stereocenters. The fourth-order valence-electron chi connectivity index (χ4n) is 9.08. The Morgan fingerprint density at radius 1 is 0.434 bits per heavy atom. The maximum Gasteiger partial charge on any atom is 0.0546 e. The molecule has 1 aromatic heterocycles. The molecule has 0 radical (unpaired) electrons. The smallest absolute Gasteiger partial charge is 0.0546 e. The molecule has 0 saturated heterocycles. The average molecular weight is 694 g/mol. The molecule has 53 heavy (non-hydrogen) atoms. The van der Waals surface area contributed by atoms with Gasteiger partial charge >= 0.3 is 0 Å². The van der Waals surface area contributed by atoms with E-state index < -0.39 is 0 Å². The zero-order valence-electron chi connectivity index (χ0n) is 29.6. The molecule has 1 heterocycles. The predicted molar refractivity (Wildman–Crippen MR) is 230 cm³/mol. The van der Waals surface area contributed by atoms with Crippen molar-refractivity contribution < 1.29 is 0 Å². The van der Waals surface area contributed by atoms with E-state index >= 15 is 0 Å². The number of anilines is 3. The van der Waals surface area contributed by atoms with Crippen LogP contribution in [0.4, 0.5) is 17.1 Å². The standard InChI is InChI=1S/C51H35NS/c1-51(2)44-30-36-16-6-5-15-35(36)29-43(44)42-19-11-20-46(50(42)51)52(38-25-26-41-40-18-9-10-21-47(40)53-48(41)31-38)45-27-24-33-13-7-8-17-39(33)49(45)37-23-22-32-12-3-4-14-34(32)28-37/h3-31H,1-2H3. The minimum Gasteiger partial charge on any atom is -0.309 e. The quantitative estimate of drug-likeness (QED) is 0.177. The van der Waals surface area contributed by atoms with E-state index in [0.717, 1.165) is 5.69 Å².